The van der Waals surface area contributed by atoms with Crippen LogP contribution in [0.2, 0.25) is 0 Å². The first kappa shape index (κ1) is 12.1. The Hall–Kier alpha value is -2.36. The van der Waals surface area contributed by atoms with Gasteiger partial charge in [-0.2, -0.15) is 0 Å². The van der Waals surface area contributed by atoms with Crippen molar-refractivity contribution in [3.63, 3.8) is 0 Å². The number of carbonyl (C=O) groups is 2. The van der Waals surface area contributed by atoms with E-state index in [0.29, 0.717) is 5.57 Å². The molecule has 1 aromatic carbocycles. The molecule has 1 aliphatic rings. The largest absolute Gasteiger partial charge is 0.444 e. The van der Waals surface area contributed by atoms with E-state index in [-0.39, 0.29) is 18.1 Å². The molecule has 2 rings (SSSR count). The second-order valence-electron chi connectivity index (χ2n) is 3.95. The number of carbonyl (C=O) groups excluding carboxylic acids is 2. The Balaban J connectivity index is 1.82. The number of hydrogen-bond donors (Lipinski definition) is 1. The van der Waals surface area contributed by atoms with Crippen molar-refractivity contribution in [2.45, 2.75) is 13.5 Å². The number of ether oxygens (including phenoxy) is 1. The van der Waals surface area contributed by atoms with Crippen molar-refractivity contribution >= 4 is 11.9 Å². The van der Waals surface area contributed by atoms with Crippen LogP contribution in [-0.4, -0.2) is 11.9 Å². The number of allylic oxidation sites excluding steroid dienone is 3. The van der Waals surface area contributed by atoms with E-state index in [9.17, 15) is 9.59 Å². The van der Waals surface area contributed by atoms with E-state index >= 15 is 0 Å². The van der Waals surface area contributed by atoms with Gasteiger partial charge in [0.05, 0.1) is 5.70 Å². The van der Waals surface area contributed by atoms with Gasteiger partial charge < -0.3 is 4.74 Å². The van der Waals surface area contributed by atoms with Gasteiger partial charge >= 0.3 is 6.09 Å². The first-order valence-electron chi connectivity index (χ1n) is 5.58. The lowest BCUT2D eigenvalue weighted by molar-refractivity contribution is -0.112. The fourth-order valence-corrected chi connectivity index (χ4v) is 1.54. The SMILES string of the molecule is CC1=CC=C(NC(=O)OCc2ccccc2)C1=O. The van der Waals surface area contributed by atoms with Gasteiger partial charge in [-0.15, -0.1) is 0 Å². The highest BCUT2D eigenvalue weighted by Crippen LogP contribution is 2.11. The number of amides is 1. The highest BCUT2D eigenvalue weighted by molar-refractivity contribution is 6.11. The molecule has 0 aromatic heterocycles. The van der Waals surface area contributed by atoms with E-state index < -0.39 is 6.09 Å². The lowest BCUT2D eigenvalue weighted by Crippen LogP contribution is -2.26. The van der Waals surface area contributed by atoms with Gasteiger partial charge in [0.25, 0.3) is 0 Å². The lowest BCUT2D eigenvalue weighted by Gasteiger charge is -2.07. The van der Waals surface area contributed by atoms with Crippen molar-refractivity contribution in [1.29, 1.82) is 0 Å². The Bertz CT molecular complexity index is 529. The molecular weight excluding hydrogens is 230 g/mol. The van der Waals surface area contributed by atoms with Crippen LogP contribution in [0.4, 0.5) is 4.79 Å². The highest BCUT2D eigenvalue weighted by atomic mass is 16.5. The molecule has 1 aliphatic carbocycles. The third-order valence-electron chi connectivity index (χ3n) is 2.55. The average molecular weight is 243 g/mol. The van der Waals surface area contributed by atoms with E-state index in [4.69, 9.17) is 4.74 Å². The second kappa shape index (κ2) is 5.31. The third kappa shape index (κ3) is 2.85. The zero-order chi connectivity index (χ0) is 13.0. The lowest BCUT2D eigenvalue weighted by atomic mass is 10.2. The summed E-state index contributed by atoms with van der Waals surface area (Å²) in [6.45, 7) is 1.88. The molecule has 0 atom stereocenters. The summed E-state index contributed by atoms with van der Waals surface area (Å²) in [5, 5.41) is 2.43. The summed E-state index contributed by atoms with van der Waals surface area (Å²) in [5.74, 6) is -0.174. The molecule has 0 spiro atoms. The van der Waals surface area contributed by atoms with Crippen molar-refractivity contribution in [3.05, 3.63) is 59.3 Å². The molecule has 0 fully saturated rings. The van der Waals surface area contributed by atoms with Gasteiger partial charge in [0, 0.05) is 0 Å². The predicted octanol–water partition coefficient (Wildman–Crippen LogP) is 2.33. The summed E-state index contributed by atoms with van der Waals surface area (Å²) in [5.41, 5.74) is 1.76. The zero-order valence-electron chi connectivity index (χ0n) is 9.97. The highest BCUT2D eigenvalue weighted by Gasteiger charge is 2.18. The molecule has 0 bridgehead atoms. The topological polar surface area (TPSA) is 55.4 Å². The summed E-state index contributed by atoms with van der Waals surface area (Å²) >= 11 is 0. The van der Waals surface area contributed by atoms with Crippen LogP contribution in [0, 0.1) is 0 Å². The van der Waals surface area contributed by atoms with Gasteiger partial charge in [-0.1, -0.05) is 36.4 Å². The van der Waals surface area contributed by atoms with Gasteiger partial charge in [-0.3, -0.25) is 10.1 Å². The van der Waals surface area contributed by atoms with E-state index in [1.54, 1.807) is 19.1 Å². The summed E-state index contributed by atoms with van der Waals surface area (Å²) in [6.07, 6.45) is 2.61. The van der Waals surface area contributed by atoms with Gasteiger partial charge in [0.1, 0.15) is 6.61 Å². The zero-order valence-corrected chi connectivity index (χ0v) is 9.97. The smallest absolute Gasteiger partial charge is 0.412 e. The number of hydrogen-bond acceptors (Lipinski definition) is 3. The van der Waals surface area contributed by atoms with Gasteiger partial charge in [0.2, 0.25) is 5.78 Å². The quantitative estimate of drug-likeness (QED) is 0.886. The Morgan fingerprint density at radius 1 is 1.22 bits per heavy atom. The van der Waals surface area contributed by atoms with E-state index in [1.807, 2.05) is 30.3 Å². The Labute approximate surface area is 105 Å². The summed E-state index contributed by atoms with van der Waals surface area (Å²) in [6, 6.07) is 9.35. The molecule has 0 unspecified atom stereocenters. The minimum atomic E-state index is -0.624. The maximum atomic E-state index is 11.5. The molecular formula is C14H13NO3. The number of rotatable bonds is 3. The molecule has 4 heteroatoms. The monoisotopic (exact) mass is 243 g/mol. The fourth-order valence-electron chi connectivity index (χ4n) is 1.54. The molecule has 92 valence electrons. The van der Waals surface area contributed by atoms with Crippen LogP contribution in [0.1, 0.15) is 12.5 Å². The Morgan fingerprint density at radius 3 is 2.56 bits per heavy atom. The Kier molecular flexibility index (Phi) is 3.57. The van der Waals surface area contributed by atoms with Crippen molar-refractivity contribution in [2.75, 3.05) is 0 Å². The molecule has 18 heavy (non-hydrogen) atoms. The number of alkyl carbamates (subject to hydrolysis) is 1. The number of ketones is 1. The standard InChI is InChI=1S/C14H13NO3/c1-10-7-8-12(13(10)16)15-14(17)18-9-11-5-3-2-4-6-11/h2-8H,9H2,1H3,(H,15,16,17). The molecule has 0 heterocycles. The van der Waals surface area contributed by atoms with Crippen molar-refractivity contribution < 1.29 is 14.3 Å². The van der Waals surface area contributed by atoms with Gasteiger partial charge in [-0.05, 0) is 24.1 Å². The normalized spacial score (nSPS) is 13.9. The summed E-state index contributed by atoms with van der Waals surface area (Å²) in [4.78, 5) is 23.0. The molecule has 0 radical (unpaired) electrons. The molecule has 1 amide bonds. The predicted molar refractivity (Wildman–Crippen MR) is 66.6 cm³/mol. The van der Waals surface area contributed by atoms with Crippen LogP contribution in [0.15, 0.2) is 53.8 Å². The van der Waals surface area contributed by atoms with Gasteiger partial charge in [-0.25, -0.2) is 4.79 Å². The number of nitrogens with one attached hydrogen (secondary N) is 1. The molecule has 0 saturated heterocycles. The van der Waals surface area contributed by atoms with Crippen LogP contribution in [0.3, 0.4) is 0 Å². The summed E-state index contributed by atoms with van der Waals surface area (Å²) < 4.78 is 5.01. The Morgan fingerprint density at radius 2 is 1.94 bits per heavy atom. The molecule has 4 nitrogen and oxygen atoms in total. The van der Waals surface area contributed by atoms with Crippen LogP contribution < -0.4 is 5.32 Å². The minimum absolute atomic E-state index is 0.174. The maximum absolute atomic E-state index is 11.5. The fraction of sp³-hybridized carbons (Fsp3) is 0.143. The average Bonchev–Trinajstić information content (AvgIpc) is 2.70. The molecule has 1 N–H and O–H groups in total. The second-order valence-corrected chi connectivity index (χ2v) is 3.95. The van der Waals surface area contributed by atoms with E-state index in [1.165, 1.54) is 0 Å². The minimum Gasteiger partial charge on any atom is -0.444 e. The van der Waals surface area contributed by atoms with Crippen LogP contribution in [0.25, 0.3) is 0 Å². The van der Waals surface area contributed by atoms with Crippen molar-refractivity contribution in [2.24, 2.45) is 0 Å². The van der Waals surface area contributed by atoms with E-state index in [0.717, 1.165) is 5.56 Å². The maximum Gasteiger partial charge on any atom is 0.412 e. The molecule has 0 saturated carbocycles. The van der Waals surface area contributed by atoms with Gasteiger partial charge in [0.15, 0.2) is 0 Å². The van der Waals surface area contributed by atoms with Crippen molar-refractivity contribution in [3.8, 4) is 0 Å². The molecule has 1 aromatic rings. The van der Waals surface area contributed by atoms with Crippen LogP contribution >= 0.6 is 0 Å². The molecule has 0 aliphatic heterocycles. The van der Waals surface area contributed by atoms with Crippen LogP contribution in [0.5, 0.6) is 0 Å². The van der Waals surface area contributed by atoms with E-state index in [2.05, 4.69) is 5.32 Å². The first-order valence-corrected chi connectivity index (χ1v) is 5.58. The number of benzene rings is 1. The third-order valence-corrected chi connectivity index (χ3v) is 2.55. The van der Waals surface area contributed by atoms with Crippen molar-refractivity contribution in [1.82, 2.24) is 5.32 Å². The number of Topliss-reactive ketones (excluding diaryl/α,β-unsaturated/α-hetero) is 1. The van der Waals surface area contributed by atoms with Crippen LogP contribution in [-0.2, 0) is 16.1 Å². The summed E-state index contributed by atoms with van der Waals surface area (Å²) in [7, 11) is 0. The first-order chi connectivity index (χ1) is 8.66.